The fraction of sp³-hybridized carbons (Fsp3) is 0.286. The van der Waals surface area contributed by atoms with Crippen LogP contribution in [0, 0.1) is 0 Å². The SMILES string of the molecule is CC(=O)C1CC(C(=O)NCCCOc2ccccc2)=NN1c1ccccc1. The van der Waals surface area contributed by atoms with E-state index in [2.05, 4.69) is 10.4 Å². The molecule has 1 heterocycles. The lowest BCUT2D eigenvalue weighted by molar-refractivity contribution is -0.118. The lowest BCUT2D eigenvalue weighted by Crippen LogP contribution is -2.34. The Balaban J connectivity index is 1.51. The topological polar surface area (TPSA) is 71.0 Å². The maximum absolute atomic E-state index is 12.4. The molecule has 1 unspecified atom stereocenters. The summed E-state index contributed by atoms with van der Waals surface area (Å²) in [6, 6.07) is 18.5. The number of ether oxygens (including phenoxy) is 1. The van der Waals surface area contributed by atoms with Gasteiger partial charge in [-0.2, -0.15) is 5.10 Å². The van der Waals surface area contributed by atoms with Gasteiger partial charge in [0.15, 0.2) is 5.78 Å². The van der Waals surface area contributed by atoms with Crippen LogP contribution in [0.4, 0.5) is 5.69 Å². The Morgan fingerprint density at radius 3 is 2.44 bits per heavy atom. The zero-order valence-corrected chi connectivity index (χ0v) is 15.3. The fourth-order valence-electron chi connectivity index (χ4n) is 2.87. The number of nitrogens with one attached hydrogen (secondary N) is 1. The van der Waals surface area contributed by atoms with E-state index in [0.717, 1.165) is 11.4 Å². The van der Waals surface area contributed by atoms with Crippen LogP contribution < -0.4 is 15.1 Å². The number of anilines is 1. The molecule has 0 bridgehead atoms. The van der Waals surface area contributed by atoms with E-state index in [4.69, 9.17) is 4.74 Å². The van der Waals surface area contributed by atoms with E-state index in [1.165, 1.54) is 6.92 Å². The van der Waals surface area contributed by atoms with Gasteiger partial charge in [-0.25, -0.2) is 0 Å². The van der Waals surface area contributed by atoms with Gasteiger partial charge >= 0.3 is 0 Å². The number of Topliss-reactive ketones (excluding diaryl/α,β-unsaturated/α-hetero) is 1. The Kier molecular flexibility index (Phi) is 6.20. The predicted molar refractivity (Wildman–Crippen MR) is 105 cm³/mol. The van der Waals surface area contributed by atoms with Crippen LogP contribution in [0.25, 0.3) is 0 Å². The predicted octanol–water partition coefficient (Wildman–Crippen LogP) is 2.80. The zero-order valence-electron chi connectivity index (χ0n) is 15.3. The highest BCUT2D eigenvalue weighted by Gasteiger charge is 2.33. The third-order valence-corrected chi connectivity index (χ3v) is 4.28. The number of ketones is 1. The summed E-state index contributed by atoms with van der Waals surface area (Å²) in [5, 5.41) is 8.88. The van der Waals surface area contributed by atoms with Gasteiger partial charge in [0.2, 0.25) is 0 Å². The monoisotopic (exact) mass is 365 g/mol. The van der Waals surface area contributed by atoms with Crippen LogP contribution in [0.3, 0.4) is 0 Å². The second kappa shape index (κ2) is 8.98. The second-order valence-electron chi connectivity index (χ2n) is 6.33. The third kappa shape index (κ3) is 4.94. The van der Waals surface area contributed by atoms with E-state index < -0.39 is 6.04 Å². The first-order valence-corrected chi connectivity index (χ1v) is 9.03. The largest absolute Gasteiger partial charge is 0.494 e. The van der Waals surface area contributed by atoms with E-state index in [1.54, 1.807) is 5.01 Å². The highest BCUT2D eigenvalue weighted by Crippen LogP contribution is 2.24. The summed E-state index contributed by atoms with van der Waals surface area (Å²) in [5.41, 5.74) is 1.18. The Bertz CT molecular complexity index is 806. The van der Waals surface area contributed by atoms with Gasteiger partial charge < -0.3 is 10.1 Å². The molecule has 0 saturated carbocycles. The van der Waals surface area contributed by atoms with Crippen molar-refractivity contribution in [2.75, 3.05) is 18.2 Å². The summed E-state index contributed by atoms with van der Waals surface area (Å²) >= 11 is 0. The molecule has 0 saturated heterocycles. The van der Waals surface area contributed by atoms with Gasteiger partial charge in [-0.05, 0) is 37.6 Å². The lowest BCUT2D eigenvalue weighted by Gasteiger charge is -2.20. The molecular formula is C21H23N3O3. The summed E-state index contributed by atoms with van der Waals surface area (Å²) in [6.45, 7) is 2.53. The van der Waals surface area contributed by atoms with Crippen molar-refractivity contribution in [3.63, 3.8) is 0 Å². The Morgan fingerprint density at radius 1 is 1.11 bits per heavy atom. The van der Waals surface area contributed by atoms with Crippen molar-refractivity contribution in [3.05, 3.63) is 60.7 Å². The van der Waals surface area contributed by atoms with E-state index in [-0.39, 0.29) is 11.7 Å². The average Bonchev–Trinajstić information content (AvgIpc) is 3.15. The van der Waals surface area contributed by atoms with Crippen LogP contribution in [-0.4, -0.2) is 36.6 Å². The first-order valence-electron chi connectivity index (χ1n) is 9.03. The minimum atomic E-state index is -0.436. The molecule has 27 heavy (non-hydrogen) atoms. The molecule has 0 radical (unpaired) electrons. The zero-order chi connectivity index (χ0) is 19.1. The van der Waals surface area contributed by atoms with Gasteiger partial charge in [-0.1, -0.05) is 36.4 Å². The van der Waals surface area contributed by atoms with Crippen LogP contribution in [-0.2, 0) is 9.59 Å². The van der Waals surface area contributed by atoms with Gasteiger partial charge in [0, 0.05) is 13.0 Å². The van der Waals surface area contributed by atoms with Crippen LogP contribution in [0.2, 0.25) is 0 Å². The first-order chi connectivity index (χ1) is 13.1. The van der Waals surface area contributed by atoms with E-state index in [1.807, 2.05) is 60.7 Å². The van der Waals surface area contributed by atoms with Gasteiger partial charge in [-0.15, -0.1) is 0 Å². The number of rotatable bonds is 8. The smallest absolute Gasteiger partial charge is 0.267 e. The molecule has 140 valence electrons. The van der Waals surface area contributed by atoms with E-state index in [9.17, 15) is 9.59 Å². The van der Waals surface area contributed by atoms with Gasteiger partial charge in [-0.3, -0.25) is 14.6 Å². The number of benzene rings is 2. The van der Waals surface area contributed by atoms with Crippen molar-refractivity contribution in [1.29, 1.82) is 0 Å². The lowest BCUT2D eigenvalue weighted by atomic mass is 10.1. The minimum absolute atomic E-state index is 0.0123. The van der Waals surface area contributed by atoms with Crippen LogP contribution in [0.5, 0.6) is 5.75 Å². The molecule has 0 aromatic heterocycles. The molecule has 1 amide bonds. The highest BCUT2D eigenvalue weighted by atomic mass is 16.5. The van der Waals surface area contributed by atoms with Gasteiger partial charge in [0.25, 0.3) is 5.91 Å². The summed E-state index contributed by atoms with van der Waals surface area (Å²) in [6.07, 6.45) is 1.00. The number of amides is 1. The molecule has 1 N–H and O–H groups in total. The average molecular weight is 365 g/mol. The maximum Gasteiger partial charge on any atom is 0.267 e. The van der Waals surface area contributed by atoms with Gasteiger partial charge in [0.05, 0.1) is 12.3 Å². The number of carbonyl (C=O) groups is 2. The van der Waals surface area contributed by atoms with E-state index in [0.29, 0.717) is 31.7 Å². The molecule has 2 aromatic rings. The normalized spacial score (nSPS) is 16.0. The van der Waals surface area contributed by atoms with E-state index >= 15 is 0 Å². The number of hydrogen-bond donors (Lipinski definition) is 1. The number of hydrogen-bond acceptors (Lipinski definition) is 5. The number of carbonyl (C=O) groups excluding carboxylic acids is 2. The van der Waals surface area contributed by atoms with Crippen molar-refractivity contribution in [2.24, 2.45) is 5.10 Å². The molecule has 6 nitrogen and oxygen atoms in total. The molecule has 6 heteroatoms. The number of nitrogens with zero attached hydrogens (tertiary/aromatic N) is 2. The molecule has 1 atom stereocenters. The second-order valence-corrected chi connectivity index (χ2v) is 6.33. The molecule has 0 spiro atoms. The Morgan fingerprint density at radius 2 is 1.78 bits per heavy atom. The quantitative estimate of drug-likeness (QED) is 0.730. The third-order valence-electron chi connectivity index (χ3n) is 4.28. The molecule has 0 fully saturated rings. The van der Waals surface area contributed by atoms with Crippen LogP contribution >= 0.6 is 0 Å². The molecular weight excluding hydrogens is 342 g/mol. The Hall–Kier alpha value is -3.15. The molecule has 2 aromatic carbocycles. The van der Waals surface area contributed by atoms with Crippen molar-refractivity contribution in [2.45, 2.75) is 25.8 Å². The molecule has 1 aliphatic heterocycles. The number of hydrazone groups is 1. The van der Waals surface area contributed by atoms with Crippen molar-refractivity contribution >= 4 is 23.1 Å². The fourth-order valence-corrected chi connectivity index (χ4v) is 2.87. The highest BCUT2D eigenvalue weighted by molar-refractivity contribution is 6.40. The molecule has 1 aliphatic rings. The van der Waals surface area contributed by atoms with Gasteiger partial charge in [0.1, 0.15) is 17.5 Å². The Labute approximate surface area is 158 Å². The maximum atomic E-state index is 12.4. The summed E-state index contributed by atoms with van der Waals surface area (Å²) in [4.78, 5) is 24.4. The summed E-state index contributed by atoms with van der Waals surface area (Å²) in [5.74, 6) is 0.563. The van der Waals surface area contributed by atoms with Crippen molar-refractivity contribution in [1.82, 2.24) is 5.32 Å². The standard InChI is InChI=1S/C21H23N3O3/c1-16(25)20-15-19(23-24(20)17-9-4-2-5-10-17)21(26)22-13-8-14-27-18-11-6-3-7-12-18/h2-7,9-12,20H,8,13-15H2,1H3,(H,22,26). The molecule has 0 aliphatic carbocycles. The van der Waals surface area contributed by atoms with Crippen molar-refractivity contribution in [3.8, 4) is 5.75 Å². The number of para-hydroxylation sites is 2. The summed E-state index contributed by atoms with van der Waals surface area (Å²) < 4.78 is 5.60. The van der Waals surface area contributed by atoms with Crippen LogP contribution in [0.15, 0.2) is 65.8 Å². The minimum Gasteiger partial charge on any atom is -0.494 e. The van der Waals surface area contributed by atoms with Crippen LogP contribution in [0.1, 0.15) is 19.8 Å². The van der Waals surface area contributed by atoms with Crippen molar-refractivity contribution < 1.29 is 14.3 Å². The summed E-state index contributed by atoms with van der Waals surface area (Å²) in [7, 11) is 0. The molecule has 3 rings (SSSR count). The first kappa shape index (κ1) is 18.6.